The molecule has 1 heterocycles. The summed E-state index contributed by atoms with van der Waals surface area (Å²) in [6, 6.07) is 4.63. The minimum absolute atomic E-state index is 0.0915. The fraction of sp³-hybridized carbons (Fsp3) is 0.600. The molecular formula is C15H20ClF2N. The van der Waals surface area contributed by atoms with Gasteiger partial charge >= 0.3 is 0 Å². The lowest BCUT2D eigenvalue weighted by molar-refractivity contribution is 0.144. The van der Waals surface area contributed by atoms with Gasteiger partial charge in [0.2, 0.25) is 0 Å². The quantitative estimate of drug-likeness (QED) is 0.871. The molecule has 4 heteroatoms. The van der Waals surface area contributed by atoms with Gasteiger partial charge in [0.15, 0.2) is 0 Å². The summed E-state index contributed by atoms with van der Waals surface area (Å²) < 4.78 is 28.3. The molecule has 19 heavy (non-hydrogen) atoms. The fourth-order valence-electron chi connectivity index (χ4n) is 2.75. The summed E-state index contributed by atoms with van der Waals surface area (Å²) in [7, 11) is 0. The highest BCUT2D eigenvalue weighted by Gasteiger charge is 2.29. The van der Waals surface area contributed by atoms with Crippen LogP contribution in [0.15, 0.2) is 18.2 Å². The van der Waals surface area contributed by atoms with E-state index >= 15 is 0 Å². The monoisotopic (exact) mass is 287 g/mol. The maximum atomic E-state index is 14.6. The second kappa shape index (κ2) is 6.19. The fourth-order valence-corrected chi connectivity index (χ4v) is 2.91. The van der Waals surface area contributed by atoms with Gasteiger partial charge in [-0.05, 0) is 50.4 Å². The minimum atomic E-state index is -1.40. The van der Waals surface area contributed by atoms with E-state index in [0.29, 0.717) is 17.0 Å². The molecular weight excluding hydrogens is 268 g/mol. The van der Waals surface area contributed by atoms with Crippen molar-refractivity contribution in [2.75, 3.05) is 6.54 Å². The number of nitrogens with one attached hydrogen (secondary N) is 1. The zero-order valence-corrected chi connectivity index (χ0v) is 11.9. The molecule has 2 atom stereocenters. The first-order chi connectivity index (χ1) is 8.96. The predicted molar refractivity (Wildman–Crippen MR) is 74.9 cm³/mol. The molecule has 1 aliphatic heterocycles. The third-order valence-electron chi connectivity index (χ3n) is 3.66. The molecule has 1 aromatic rings. The lowest BCUT2D eigenvalue weighted by atomic mass is 9.88. The third kappa shape index (κ3) is 4.43. The summed E-state index contributed by atoms with van der Waals surface area (Å²) >= 11 is 5.70. The zero-order valence-electron chi connectivity index (χ0n) is 11.2. The van der Waals surface area contributed by atoms with Gasteiger partial charge in [0, 0.05) is 17.5 Å². The summed E-state index contributed by atoms with van der Waals surface area (Å²) in [5.74, 6) is -0.423. The van der Waals surface area contributed by atoms with Crippen LogP contribution in [0.2, 0.25) is 5.02 Å². The number of piperidine rings is 1. The Labute approximate surface area is 118 Å². The first-order valence-electron chi connectivity index (χ1n) is 6.82. The molecule has 106 valence electrons. The Morgan fingerprint density at radius 3 is 2.84 bits per heavy atom. The number of hydrogen-bond acceptors (Lipinski definition) is 1. The van der Waals surface area contributed by atoms with E-state index in [1.54, 1.807) is 19.1 Å². The molecule has 2 unspecified atom stereocenters. The molecule has 1 N–H and O–H groups in total. The first kappa shape index (κ1) is 14.7. The van der Waals surface area contributed by atoms with Gasteiger partial charge in [-0.3, -0.25) is 0 Å². The van der Waals surface area contributed by atoms with Crippen molar-refractivity contribution in [3.63, 3.8) is 0 Å². The van der Waals surface area contributed by atoms with E-state index in [0.717, 1.165) is 25.8 Å². The molecule has 0 radical (unpaired) electrons. The van der Waals surface area contributed by atoms with Crippen molar-refractivity contribution in [1.29, 1.82) is 0 Å². The maximum absolute atomic E-state index is 14.6. The summed E-state index contributed by atoms with van der Waals surface area (Å²) in [5, 5.41) is 3.67. The van der Waals surface area contributed by atoms with Crippen LogP contribution in [0.5, 0.6) is 0 Å². The van der Waals surface area contributed by atoms with Crippen molar-refractivity contribution in [2.24, 2.45) is 0 Å². The van der Waals surface area contributed by atoms with Crippen molar-refractivity contribution in [3.8, 4) is 0 Å². The van der Waals surface area contributed by atoms with Crippen LogP contribution in [0.25, 0.3) is 0 Å². The summed E-state index contributed by atoms with van der Waals surface area (Å²) in [4.78, 5) is 0. The second-order valence-corrected chi connectivity index (χ2v) is 6.11. The molecule has 0 aromatic heterocycles. The van der Waals surface area contributed by atoms with Crippen LogP contribution in [0.1, 0.15) is 38.2 Å². The molecule has 1 aromatic carbocycles. The van der Waals surface area contributed by atoms with Gasteiger partial charge in [-0.15, -0.1) is 0 Å². The van der Waals surface area contributed by atoms with Crippen LogP contribution in [0.4, 0.5) is 8.78 Å². The Hall–Kier alpha value is -0.670. The Balaban J connectivity index is 1.99. The number of benzene rings is 1. The predicted octanol–water partition coefficient (Wildman–Crippen LogP) is 4.28. The zero-order chi connectivity index (χ0) is 13.9. The molecule has 1 nitrogen and oxygen atoms in total. The van der Waals surface area contributed by atoms with Gasteiger partial charge in [-0.1, -0.05) is 24.1 Å². The molecule has 1 saturated heterocycles. The normalized spacial score (nSPS) is 23.1. The highest BCUT2D eigenvalue weighted by atomic mass is 35.5. The summed E-state index contributed by atoms with van der Waals surface area (Å²) in [6.07, 6.45) is 3.82. The lowest BCUT2D eigenvalue weighted by Gasteiger charge is -2.30. The van der Waals surface area contributed by atoms with Crippen molar-refractivity contribution < 1.29 is 8.78 Å². The van der Waals surface area contributed by atoms with E-state index < -0.39 is 11.5 Å². The highest BCUT2D eigenvalue weighted by molar-refractivity contribution is 6.30. The Kier molecular flexibility index (Phi) is 4.80. The smallest absolute Gasteiger partial charge is 0.127 e. The van der Waals surface area contributed by atoms with Crippen molar-refractivity contribution in [2.45, 2.75) is 50.7 Å². The third-order valence-corrected chi connectivity index (χ3v) is 3.89. The second-order valence-electron chi connectivity index (χ2n) is 5.68. The van der Waals surface area contributed by atoms with Crippen molar-refractivity contribution in [3.05, 3.63) is 34.6 Å². The lowest BCUT2D eigenvalue weighted by Crippen LogP contribution is -2.40. The van der Waals surface area contributed by atoms with Crippen LogP contribution in [-0.2, 0) is 6.42 Å². The van der Waals surface area contributed by atoms with Gasteiger partial charge in [0.05, 0.1) is 0 Å². The van der Waals surface area contributed by atoms with E-state index in [4.69, 9.17) is 11.6 Å². The van der Waals surface area contributed by atoms with E-state index in [2.05, 4.69) is 5.32 Å². The van der Waals surface area contributed by atoms with E-state index in [1.807, 2.05) is 0 Å². The van der Waals surface area contributed by atoms with E-state index in [9.17, 15) is 8.78 Å². The molecule has 0 spiro atoms. The minimum Gasteiger partial charge on any atom is -0.314 e. The summed E-state index contributed by atoms with van der Waals surface area (Å²) in [5.41, 5.74) is -1.01. The number of halogens is 3. The van der Waals surface area contributed by atoms with Gasteiger partial charge in [0.1, 0.15) is 11.5 Å². The first-order valence-corrected chi connectivity index (χ1v) is 7.20. The van der Waals surface area contributed by atoms with Gasteiger partial charge in [-0.25, -0.2) is 8.78 Å². The van der Waals surface area contributed by atoms with Crippen LogP contribution < -0.4 is 5.32 Å². The SMILES string of the molecule is CC(F)(Cc1ccc(Cl)cc1F)CC1CCCCN1. The summed E-state index contributed by atoms with van der Waals surface area (Å²) in [6.45, 7) is 2.51. The van der Waals surface area contributed by atoms with Crippen molar-refractivity contribution in [1.82, 2.24) is 5.32 Å². The van der Waals surface area contributed by atoms with E-state index in [-0.39, 0.29) is 12.5 Å². The van der Waals surface area contributed by atoms with Gasteiger partial charge in [0.25, 0.3) is 0 Å². The Bertz CT molecular complexity index is 428. The molecule has 0 amide bonds. The average molecular weight is 288 g/mol. The van der Waals surface area contributed by atoms with Crippen LogP contribution in [-0.4, -0.2) is 18.3 Å². The van der Waals surface area contributed by atoms with Crippen molar-refractivity contribution >= 4 is 11.6 Å². The molecule has 0 bridgehead atoms. The van der Waals surface area contributed by atoms with Crippen LogP contribution in [0, 0.1) is 5.82 Å². The Morgan fingerprint density at radius 2 is 2.21 bits per heavy atom. The highest BCUT2D eigenvalue weighted by Crippen LogP contribution is 2.28. The molecule has 1 aliphatic rings. The number of alkyl halides is 1. The largest absolute Gasteiger partial charge is 0.314 e. The molecule has 1 fully saturated rings. The molecule has 2 rings (SSSR count). The average Bonchev–Trinajstić information content (AvgIpc) is 2.33. The topological polar surface area (TPSA) is 12.0 Å². The van der Waals surface area contributed by atoms with E-state index in [1.165, 1.54) is 6.07 Å². The van der Waals surface area contributed by atoms with Gasteiger partial charge in [-0.2, -0.15) is 0 Å². The molecule has 0 aliphatic carbocycles. The van der Waals surface area contributed by atoms with Crippen LogP contribution in [0.3, 0.4) is 0 Å². The van der Waals surface area contributed by atoms with Gasteiger partial charge < -0.3 is 5.32 Å². The standard InChI is InChI=1S/C15H20ClF2N/c1-15(18,10-13-4-2-3-7-19-13)9-11-5-6-12(16)8-14(11)17/h5-6,8,13,19H,2-4,7,9-10H2,1H3. The van der Waals surface area contributed by atoms with Crippen LogP contribution >= 0.6 is 11.6 Å². The Morgan fingerprint density at radius 1 is 1.42 bits per heavy atom. The number of hydrogen-bond donors (Lipinski definition) is 1. The maximum Gasteiger partial charge on any atom is 0.127 e. The molecule has 0 saturated carbocycles. The number of rotatable bonds is 4.